The van der Waals surface area contributed by atoms with Gasteiger partial charge >= 0.3 is 0 Å². The van der Waals surface area contributed by atoms with E-state index in [9.17, 15) is 0 Å². The van der Waals surface area contributed by atoms with Gasteiger partial charge in [-0.1, -0.05) is 90.5 Å². The van der Waals surface area contributed by atoms with Gasteiger partial charge in [0.15, 0.2) is 5.82 Å². The van der Waals surface area contributed by atoms with Gasteiger partial charge in [0.25, 0.3) is 0 Å². The molecule has 0 saturated carbocycles. The summed E-state index contributed by atoms with van der Waals surface area (Å²) in [5, 5.41) is 10.6. The molecule has 4 heterocycles. The lowest BCUT2D eigenvalue weighted by Crippen LogP contribution is -2.43. The lowest BCUT2D eigenvalue weighted by molar-refractivity contribution is 0.805. The van der Waals surface area contributed by atoms with Gasteiger partial charge in [-0.15, -0.1) is 0 Å². The number of nitrogens with zero attached hydrogens (tertiary/aromatic N) is 7. The second kappa shape index (κ2) is 10.00. The van der Waals surface area contributed by atoms with Crippen LogP contribution in [0.4, 0.5) is 17.2 Å². The molecule has 2 aromatic heterocycles. The summed E-state index contributed by atoms with van der Waals surface area (Å²) < 4.78 is 3.79. The lowest BCUT2D eigenvalue weighted by atomic mass is 9.95. The molecule has 2 aliphatic rings. The molecule has 0 unspecified atom stereocenters. The van der Waals surface area contributed by atoms with Crippen LogP contribution in [0.3, 0.4) is 0 Å². The third-order valence-corrected chi connectivity index (χ3v) is 8.58. The third-order valence-electron chi connectivity index (χ3n) is 8.21. The summed E-state index contributed by atoms with van der Waals surface area (Å²) in [7, 11) is 0. The highest BCUT2D eigenvalue weighted by Gasteiger charge is 2.46. The van der Waals surface area contributed by atoms with E-state index in [1.54, 1.807) is 0 Å². The van der Waals surface area contributed by atoms with Crippen molar-refractivity contribution in [2.24, 2.45) is 4.99 Å². The number of rotatable bonds is 5. The highest BCUT2D eigenvalue weighted by molar-refractivity contribution is 6.31. The molecule has 4 aromatic carbocycles. The minimum atomic E-state index is -0.299. The van der Waals surface area contributed by atoms with Crippen molar-refractivity contribution in [1.29, 1.82) is 0 Å². The Morgan fingerprint density at radius 1 is 0.628 bits per heavy atom. The van der Waals surface area contributed by atoms with Crippen LogP contribution in [-0.4, -0.2) is 25.5 Å². The van der Waals surface area contributed by atoms with Crippen LogP contribution >= 0.6 is 11.6 Å². The third kappa shape index (κ3) is 4.00. The number of hydrogen-bond acceptors (Lipinski definition) is 5. The zero-order valence-electron chi connectivity index (χ0n) is 23.8. The van der Waals surface area contributed by atoms with Crippen LogP contribution < -0.4 is 9.80 Å². The van der Waals surface area contributed by atoms with E-state index >= 15 is 0 Å². The van der Waals surface area contributed by atoms with Crippen LogP contribution in [0.25, 0.3) is 11.4 Å². The lowest BCUT2D eigenvalue weighted by Gasteiger charge is -2.35. The first kappa shape index (κ1) is 25.6. The Morgan fingerprint density at radius 3 is 1.84 bits per heavy atom. The van der Waals surface area contributed by atoms with Crippen molar-refractivity contribution in [3.8, 4) is 11.4 Å². The van der Waals surface area contributed by atoms with Crippen molar-refractivity contribution >= 4 is 34.8 Å². The highest BCUT2D eigenvalue weighted by Crippen LogP contribution is 2.52. The predicted octanol–water partition coefficient (Wildman–Crippen LogP) is 7.95. The average molecular weight is 582 g/mol. The van der Waals surface area contributed by atoms with E-state index < -0.39 is 0 Å². The quantitative estimate of drug-likeness (QED) is 0.207. The fourth-order valence-electron chi connectivity index (χ4n) is 6.30. The maximum absolute atomic E-state index is 7.32. The predicted molar refractivity (Wildman–Crippen MR) is 172 cm³/mol. The van der Waals surface area contributed by atoms with Crippen LogP contribution in [0.15, 0.2) is 120 Å². The first-order valence-electron chi connectivity index (χ1n) is 14.3. The van der Waals surface area contributed by atoms with Gasteiger partial charge in [-0.2, -0.15) is 15.2 Å². The van der Waals surface area contributed by atoms with Gasteiger partial charge in [-0.25, -0.2) is 9.36 Å². The summed E-state index contributed by atoms with van der Waals surface area (Å²) in [6.07, 6.45) is 0. The SMILES string of the molecule is Cc1nn(-c2ccccc2)c(Cl)c1[C@@H]1c2c(C)nn(-c3ccccc3)c2N=C2N(Cc3ccccc3)c3ccccc3N21. The Morgan fingerprint density at radius 2 is 1.16 bits per heavy atom. The monoisotopic (exact) mass is 581 g/mol. The van der Waals surface area contributed by atoms with E-state index in [-0.39, 0.29) is 6.04 Å². The van der Waals surface area contributed by atoms with Crippen molar-refractivity contribution in [1.82, 2.24) is 19.6 Å². The zero-order chi connectivity index (χ0) is 29.1. The van der Waals surface area contributed by atoms with Crippen LogP contribution in [0, 0.1) is 13.8 Å². The van der Waals surface area contributed by atoms with Crippen molar-refractivity contribution in [2.75, 3.05) is 9.80 Å². The number of para-hydroxylation sites is 4. The van der Waals surface area contributed by atoms with Crippen molar-refractivity contribution < 1.29 is 0 Å². The smallest absolute Gasteiger partial charge is 0.213 e. The standard InChI is InChI=1S/C35H28ClN7/c1-23-30(33(36)42(38-23)26-16-8-4-9-17-26)32-31-24(2)39-43(27-18-10-5-11-19-27)34(31)37-35-40(22-25-14-6-3-7-15-25)28-20-12-13-21-29(28)41(32)35/h3-21,32H,22H2,1-2H3/t32-/m1/s1. The largest absolute Gasteiger partial charge is 0.305 e. The number of aliphatic imine (C=N–C) groups is 1. The second-order valence-corrected chi connectivity index (χ2v) is 11.2. The molecule has 8 heteroatoms. The summed E-state index contributed by atoms with van der Waals surface area (Å²) in [6, 6.07) is 38.9. The molecule has 0 N–H and O–H groups in total. The van der Waals surface area contributed by atoms with Crippen molar-refractivity contribution in [3.05, 3.63) is 148 Å². The van der Waals surface area contributed by atoms with Gasteiger partial charge in [-0.05, 0) is 55.8 Å². The summed E-state index contributed by atoms with van der Waals surface area (Å²) in [6.45, 7) is 4.76. The van der Waals surface area contributed by atoms with Gasteiger partial charge in [0.1, 0.15) is 5.15 Å². The maximum atomic E-state index is 7.32. The van der Waals surface area contributed by atoms with E-state index in [1.807, 2.05) is 70.9 Å². The minimum absolute atomic E-state index is 0.299. The van der Waals surface area contributed by atoms with E-state index in [4.69, 9.17) is 26.8 Å². The Bertz CT molecular complexity index is 1990. The number of halogens is 1. The van der Waals surface area contributed by atoms with Crippen LogP contribution in [0.5, 0.6) is 0 Å². The zero-order valence-corrected chi connectivity index (χ0v) is 24.5. The first-order chi connectivity index (χ1) is 21.1. The topological polar surface area (TPSA) is 54.5 Å². The number of aromatic nitrogens is 4. The molecule has 2 aliphatic heterocycles. The van der Waals surface area contributed by atoms with E-state index in [0.717, 1.165) is 57.0 Å². The molecular weight excluding hydrogens is 554 g/mol. The molecule has 6 aromatic rings. The van der Waals surface area contributed by atoms with Crippen LogP contribution in [0.2, 0.25) is 5.15 Å². The van der Waals surface area contributed by atoms with Gasteiger partial charge < -0.3 is 4.90 Å². The fourth-order valence-corrected chi connectivity index (χ4v) is 6.67. The Balaban J connectivity index is 1.40. The Labute approximate surface area is 254 Å². The van der Waals surface area contributed by atoms with Gasteiger partial charge in [0.2, 0.25) is 5.96 Å². The number of hydrogen-bond donors (Lipinski definition) is 0. The molecule has 210 valence electrons. The van der Waals surface area contributed by atoms with Crippen molar-refractivity contribution in [3.63, 3.8) is 0 Å². The Kier molecular flexibility index (Phi) is 5.94. The van der Waals surface area contributed by atoms with Gasteiger partial charge in [-0.3, -0.25) is 4.90 Å². The molecule has 1 atom stereocenters. The average Bonchev–Trinajstić information content (AvgIpc) is 3.66. The molecule has 0 amide bonds. The molecule has 8 rings (SSSR count). The molecule has 7 nitrogen and oxygen atoms in total. The molecule has 0 bridgehead atoms. The molecule has 0 saturated heterocycles. The fraction of sp³-hybridized carbons (Fsp3) is 0.114. The van der Waals surface area contributed by atoms with Crippen molar-refractivity contribution in [2.45, 2.75) is 26.4 Å². The molecule has 0 spiro atoms. The van der Waals surface area contributed by atoms with Crippen LogP contribution in [-0.2, 0) is 6.54 Å². The molecular formula is C35H28ClN7. The normalized spacial score (nSPS) is 15.2. The molecule has 43 heavy (non-hydrogen) atoms. The first-order valence-corrected chi connectivity index (χ1v) is 14.7. The van der Waals surface area contributed by atoms with Gasteiger partial charge in [0, 0.05) is 11.1 Å². The second-order valence-electron chi connectivity index (χ2n) is 10.9. The molecule has 0 radical (unpaired) electrons. The summed E-state index contributed by atoms with van der Waals surface area (Å²) in [5.74, 6) is 1.64. The number of anilines is 2. The summed E-state index contributed by atoms with van der Waals surface area (Å²) in [5.41, 5.74) is 8.94. The molecule has 0 aliphatic carbocycles. The Hall–Kier alpha value is -5.14. The summed E-state index contributed by atoms with van der Waals surface area (Å²) >= 11 is 7.32. The van der Waals surface area contributed by atoms with E-state index in [2.05, 4.69) is 77.4 Å². The van der Waals surface area contributed by atoms with E-state index in [0.29, 0.717) is 11.7 Å². The number of guanidine groups is 1. The summed E-state index contributed by atoms with van der Waals surface area (Å²) in [4.78, 5) is 10.0. The van der Waals surface area contributed by atoms with Crippen LogP contribution in [0.1, 0.15) is 34.1 Å². The number of benzene rings is 4. The van der Waals surface area contributed by atoms with E-state index in [1.165, 1.54) is 5.56 Å². The molecule has 0 fully saturated rings. The number of aryl methyl sites for hydroxylation is 2. The minimum Gasteiger partial charge on any atom is -0.305 e. The number of fused-ring (bicyclic) bond motifs is 4. The maximum Gasteiger partial charge on any atom is 0.213 e. The highest BCUT2D eigenvalue weighted by atomic mass is 35.5. The van der Waals surface area contributed by atoms with Gasteiger partial charge in [0.05, 0.1) is 46.7 Å².